The second kappa shape index (κ2) is 3.80. The van der Waals surface area contributed by atoms with Gasteiger partial charge >= 0.3 is 0 Å². The van der Waals surface area contributed by atoms with Gasteiger partial charge in [0.05, 0.1) is 6.42 Å². The monoisotopic (exact) mass is 206 g/mol. The van der Waals surface area contributed by atoms with Crippen molar-refractivity contribution >= 4 is 0 Å². The highest BCUT2D eigenvalue weighted by Gasteiger charge is 2.52. The standard InChI is InChI=1S/C7H11F5.CH4/c1-5(2,8)7(11,12)4-6(3,9)10;/h4H2,1-3H3;1H4. The quantitative estimate of drug-likeness (QED) is 0.611. The summed E-state index contributed by atoms with van der Waals surface area (Å²) in [4.78, 5) is 0. The molecule has 0 saturated heterocycles. The SMILES string of the molecule is C.CC(F)(F)CC(F)(F)C(C)(C)F. The molecule has 0 aromatic heterocycles. The fourth-order valence-corrected chi connectivity index (χ4v) is 0.600. The van der Waals surface area contributed by atoms with Crippen molar-refractivity contribution in [3.05, 3.63) is 0 Å². The number of hydrogen-bond acceptors (Lipinski definition) is 0. The van der Waals surface area contributed by atoms with E-state index >= 15 is 0 Å². The van der Waals surface area contributed by atoms with Crippen LogP contribution in [-0.4, -0.2) is 17.5 Å². The first-order valence-electron chi connectivity index (χ1n) is 3.40. The highest BCUT2D eigenvalue weighted by molar-refractivity contribution is 4.88. The van der Waals surface area contributed by atoms with Gasteiger partial charge in [-0.1, -0.05) is 7.43 Å². The van der Waals surface area contributed by atoms with Crippen LogP contribution in [0.15, 0.2) is 0 Å². The first kappa shape index (κ1) is 15.1. The van der Waals surface area contributed by atoms with Crippen molar-refractivity contribution in [2.24, 2.45) is 0 Å². The molecule has 0 atom stereocenters. The van der Waals surface area contributed by atoms with Crippen molar-refractivity contribution in [3.63, 3.8) is 0 Å². The molecule has 13 heavy (non-hydrogen) atoms. The topological polar surface area (TPSA) is 0 Å². The van der Waals surface area contributed by atoms with Gasteiger partial charge in [0.1, 0.15) is 0 Å². The van der Waals surface area contributed by atoms with Crippen molar-refractivity contribution in [3.8, 4) is 0 Å². The average Bonchev–Trinajstić information content (AvgIpc) is 1.52. The lowest BCUT2D eigenvalue weighted by atomic mass is 9.97. The van der Waals surface area contributed by atoms with Crippen LogP contribution < -0.4 is 0 Å². The van der Waals surface area contributed by atoms with Gasteiger partial charge in [0.2, 0.25) is 0 Å². The van der Waals surface area contributed by atoms with Crippen molar-refractivity contribution in [1.29, 1.82) is 0 Å². The van der Waals surface area contributed by atoms with Crippen molar-refractivity contribution in [2.75, 3.05) is 0 Å². The Morgan fingerprint density at radius 1 is 0.846 bits per heavy atom. The largest absolute Gasteiger partial charge is 0.286 e. The van der Waals surface area contributed by atoms with E-state index in [1.165, 1.54) is 0 Å². The Labute approximate surface area is 75.1 Å². The van der Waals surface area contributed by atoms with Crippen molar-refractivity contribution in [2.45, 2.75) is 52.1 Å². The summed E-state index contributed by atoms with van der Waals surface area (Å²) in [5.74, 6) is -7.54. The van der Waals surface area contributed by atoms with E-state index in [1.54, 1.807) is 0 Å². The highest BCUT2D eigenvalue weighted by Crippen LogP contribution is 2.39. The maximum absolute atomic E-state index is 12.6. The molecule has 0 aliphatic heterocycles. The summed E-state index contributed by atoms with van der Waals surface area (Å²) in [6.07, 6.45) is -1.76. The number of halogens is 5. The molecular weight excluding hydrogens is 191 g/mol. The van der Waals surface area contributed by atoms with E-state index in [9.17, 15) is 22.0 Å². The number of alkyl halides is 5. The molecular formula is C8H15F5. The van der Waals surface area contributed by atoms with Crippen LogP contribution in [0.2, 0.25) is 0 Å². The maximum atomic E-state index is 12.6. The fraction of sp³-hybridized carbons (Fsp3) is 1.00. The predicted molar refractivity (Wildman–Crippen MR) is 42.1 cm³/mol. The lowest BCUT2D eigenvalue weighted by Gasteiger charge is -2.28. The molecule has 0 saturated carbocycles. The van der Waals surface area contributed by atoms with E-state index < -0.39 is 23.9 Å². The third-order valence-electron chi connectivity index (χ3n) is 1.40. The lowest BCUT2D eigenvalue weighted by Crippen LogP contribution is -2.42. The average molecular weight is 206 g/mol. The number of rotatable bonds is 3. The molecule has 0 spiro atoms. The zero-order chi connectivity index (χ0) is 10.2. The minimum atomic E-state index is -3.99. The normalized spacial score (nSPS) is 13.8. The smallest absolute Gasteiger partial charge is 0.238 e. The molecule has 0 bridgehead atoms. The molecule has 0 fully saturated rings. The summed E-state index contributed by atoms with van der Waals surface area (Å²) in [6, 6.07) is 0. The molecule has 0 aromatic carbocycles. The highest BCUT2D eigenvalue weighted by atomic mass is 19.3. The molecule has 0 nitrogen and oxygen atoms in total. The van der Waals surface area contributed by atoms with E-state index in [-0.39, 0.29) is 7.43 Å². The Morgan fingerprint density at radius 3 is 1.23 bits per heavy atom. The van der Waals surface area contributed by atoms with Gasteiger partial charge < -0.3 is 0 Å². The van der Waals surface area contributed by atoms with Gasteiger partial charge in [0.15, 0.2) is 5.67 Å². The molecule has 82 valence electrons. The second-order valence-corrected chi connectivity index (χ2v) is 3.42. The molecule has 0 radical (unpaired) electrons. The van der Waals surface area contributed by atoms with Crippen LogP contribution in [0.4, 0.5) is 22.0 Å². The summed E-state index contributed by atoms with van der Waals surface area (Å²) in [5.41, 5.74) is -2.91. The van der Waals surface area contributed by atoms with Crippen LogP contribution in [0.3, 0.4) is 0 Å². The van der Waals surface area contributed by atoms with Crippen LogP contribution in [0.1, 0.15) is 34.6 Å². The molecule has 0 N–H and O–H groups in total. The van der Waals surface area contributed by atoms with Crippen LogP contribution in [0, 0.1) is 0 Å². The summed E-state index contributed by atoms with van der Waals surface area (Å²) < 4.78 is 62.0. The van der Waals surface area contributed by atoms with Crippen LogP contribution in [0.25, 0.3) is 0 Å². The van der Waals surface area contributed by atoms with Crippen LogP contribution >= 0.6 is 0 Å². The molecule has 0 unspecified atom stereocenters. The molecule has 0 aliphatic carbocycles. The van der Waals surface area contributed by atoms with Crippen molar-refractivity contribution in [1.82, 2.24) is 0 Å². The van der Waals surface area contributed by atoms with E-state index in [0.29, 0.717) is 20.8 Å². The zero-order valence-electron chi connectivity index (χ0n) is 7.10. The summed E-state index contributed by atoms with van der Waals surface area (Å²) in [5, 5.41) is 0. The lowest BCUT2D eigenvalue weighted by molar-refractivity contribution is -0.170. The fourth-order valence-electron chi connectivity index (χ4n) is 0.600. The van der Waals surface area contributed by atoms with Gasteiger partial charge in [0, 0.05) is 0 Å². The first-order chi connectivity index (χ1) is 4.96. The van der Waals surface area contributed by atoms with Gasteiger partial charge in [-0.2, -0.15) is 0 Å². The maximum Gasteiger partial charge on any atom is 0.286 e. The summed E-state index contributed by atoms with van der Waals surface area (Å²) in [7, 11) is 0. The van der Waals surface area contributed by atoms with E-state index in [1.807, 2.05) is 0 Å². The molecule has 0 aromatic rings. The van der Waals surface area contributed by atoms with Crippen LogP contribution in [0.5, 0.6) is 0 Å². The summed E-state index contributed by atoms with van der Waals surface area (Å²) >= 11 is 0. The Kier molecular flexibility index (Phi) is 4.42. The minimum Gasteiger partial charge on any atom is -0.238 e. The number of hydrogen-bond donors (Lipinski definition) is 0. The van der Waals surface area contributed by atoms with Gasteiger partial charge in [-0.25, -0.2) is 22.0 Å². The predicted octanol–water partition coefficient (Wildman–Crippen LogP) is 4.05. The third-order valence-corrected chi connectivity index (χ3v) is 1.40. The van der Waals surface area contributed by atoms with Gasteiger partial charge in [0.25, 0.3) is 11.8 Å². The molecule has 0 rings (SSSR count). The van der Waals surface area contributed by atoms with Gasteiger partial charge in [-0.3, -0.25) is 0 Å². The molecule has 0 heterocycles. The zero-order valence-corrected chi connectivity index (χ0v) is 7.10. The van der Waals surface area contributed by atoms with Gasteiger partial charge in [-0.15, -0.1) is 0 Å². The Hall–Kier alpha value is -0.350. The minimum absolute atomic E-state index is 0. The van der Waals surface area contributed by atoms with E-state index in [0.717, 1.165) is 0 Å². The van der Waals surface area contributed by atoms with Gasteiger partial charge in [-0.05, 0) is 20.8 Å². The molecule has 0 aliphatic rings. The molecule has 0 amide bonds. The van der Waals surface area contributed by atoms with E-state index in [2.05, 4.69) is 0 Å². The second-order valence-electron chi connectivity index (χ2n) is 3.42. The van der Waals surface area contributed by atoms with Crippen molar-refractivity contribution < 1.29 is 22.0 Å². The van der Waals surface area contributed by atoms with E-state index in [4.69, 9.17) is 0 Å². The Bertz CT molecular complexity index is 151. The Morgan fingerprint density at radius 2 is 1.15 bits per heavy atom. The Balaban J connectivity index is 0. The third kappa shape index (κ3) is 5.05. The first-order valence-corrected chi connectivity index (χ1v) is 3.40. The van der Waals surface area contributed by atoms with Crippen LogP contribution in [-0.2, 0) is 0 Å². The summed E-state index contributed by atoms with van der Waals surface area (Å²) in [6.45, 7) is 1.50. The molecule has 5 heteroatoms.